The molecule has 1 aromatic carbocycles. The Balaban J connectivity index is 2.54. The van der Waals surface area contributed by atoms with Gasteiger partial charge >= 0.3 is 11.9 Å². The molecule has 0 spiro atoms. The molecule has 0 unspecified atom stereocenters. The summed E-state index contributed by atoms with van der Waals surface area (Å²) in [6, 6.07) is 6.53. The molecule has 1 amide bonds. The molecule has 0 aliphatic carbocycles. The molecule has 0 heterocycles. The summed E-state index contributed by atoms with van der Waals surface area (Å²) >= 11 is 5.72. The van der Waals surface area contributed by atoms with E-state index in [0.29, 0.717) is 17.1 Å². The van der Waals surface area contributed by atoms with Crippen LogP contribution in [-0.4, -0.2) is 18.5 Å². The van der Waals surface area contributed by atoms with Crippen molar-refractivity contribution < 1.29 is 14.3 Å². The van der Waals surface area contributed by atoms with E-state index in [1.807, 2.05) is 6.92 Å². The zero-order chi connectivity index (χ0) is 12.0. The highest BCUT2D eigenvalue weighted by Crippen LogP contribution is 2.14. The number of esters is 1. The molecule has 0 aliphatic rings. The second-order valence-corrected chi connectivity index (χ2v) is 3.54. The minimum atomic E-state index is -0.887. The standard InChI is InChI=1S/C11H12ClNO3/c1-2-6-16-11(15)10(14)13-9-5-3-4-8(12)7-9/h3-5,7H,2,6H2,1H3,(H,13,14). The zero-order valence-electron chi connectivity index (χ0n) is 8.83. The second kappa shape index (κ2) is 6.12. The monoisotopic (exact) mass is 241 g/mol. The summed E-state index contributed by atoms with van der Waals surface area (Å²) in [5.74, 6) is -1.68. The van der Waals surface area contributed by atoms with Gasteiger partial charge in [0.05, 0.1) is 6.61 Å². The molecule has 0 aromatic heterocycles. The van der Waals surface area contributed by atoms with Crippen molar-refractivity contribution in [1.82, 2.24) is 0 Å². The van der Waals surface area contributed by atoms with Crippen molar-refractivity contribution in [3.8, 4) is 0 Å². The Morgan fingerprint density at radius 3 is 2.81 bits per heavy atom. The molecule has 0 atom stereocenters. The second-order valence-electron chi connectivity index (χ2n) is 3.10. The van der Waals surface area contributed by atoms with E-state index in [9.17, 15) is 9.59 Å². The number of ether oxygens (including phenoxy) is 1. The third-order valence-corrected chi connectivity index (χ3v) is 1.94. The maximum atomic E-state index is 11.3. The summed E-state index contributed by atoms with van der Waals surface area (Å²) in [4.78, 5) is 22.4. The summed E-state index contributed by atoms with van der Waals surface area (Å²) < 4.78 is 4.67. The van der Waals surface area contributed by atoms with Crippen molar-refractivity contribution in [2.45, 2.75) is 13.3 Å². The number of hydrogen-bond acceptors (Lipinski definition) is 3. The molecule has 1 aromatic rings. The van der Waals surface area contributed by atoms with E-state index in [-0.39, 0.29) is 6.61 Å². The van der Waals surface area contributed by atoms with E-state index in [0.717, 1.165) is 0 Å². The molecule has 0 aliphatic heterocycles. The molecule has 0 radical (unpaired) electrons. The van der Waals surface area contributed by atoms with Gasteiger partial charge in [0.1, 0.15) is 0 Å². The molecule has 0 saturated carbocycles. The lowest BCUT2D eigenvalue weighted by atomic mass is 10.3. The number of hydrogen-bond donors (Lipinski definition) is 1. The average Bonchev–Trinajstić information content (AvgIpc) is 2.25. The molecule has 5 heteroatoms. The van der Waals surface area contributed by atoms with Crippen molar-refractivity contribution >= 4 is 29.2 Å². The van der Waals surface area contributed by atoms with Gasteiger partial charge in [0, 0.05) is 10.7 Å². The molecule has 1 rings (SSSR count). The molecule has 0 saturated heterocycles. The molecule has 0 fully saturated rings. The van der Waals surface area contributed by atoms with Crippen molar-refractivity contribution in [3.05, 3.63) is 29.3 Å². The van der Waals surface area contributed by atoms with Gasteiger partial charge in [-0.05, 0) is 24.6 Å². The number of halogens is 1. The Morgan fingerprint density at radius 1 is 1.44 bits per heavy atom. The van der Waals surface area contributed by atoms with Crippen LogP contribution < -0.4 is 5.32 Å². The molecule has 1 N–H and O–H groups in total. The zero-order valence-corrected chi connectivity index (χ0v) is 9.58. The van der Waals surface area contributed by atoms with Crippen LogP contribution in [0, 0.1) is 0 Å². The first kappa shape index (κ1) is 12.5. The van der Waals surface area contributed by atoms with Gasteiger partial charge < -0.3 is 10.1 Å². The number of rotatable bonds is 3. The van der Waals surface area contributed by atoms with Gasteiger partial charge in [-0.3, -0.25) is 4.79 Å². The van der Waals surface area contributed by atoms with Gasteiger partial charge in [-0.25, -0.2) is 4.79 Å². The fourth-order valence-electron chi connectivity index (χ4n) is 1.01. The van der Waals surface area contributed by atoms with E-state index in [1.54, 1.807) is 24.3 Å². The lowest BCUT2D eigenvalue weighted by Crippen LogP contribution is -2.25. The number of amides is 1. The van der Waals surface area contributed by atoms with Crippen LogP contribution in [0.15, 0.2) is 24.3 Å². The van der Waals surface area contributed by atoms with E-state index in [2.05, 4.69) is 10.1 Å². The lowest BCUT2D eigenvalue weighted by Gasteiger charge is -2.05. The molecular formula is C11H12ClNO3. The summed E-state index contributed by atoms with van der Waals surface area (Å²) in [5.41, 5.74) is 0.464. The van der Waals surface area contributed by atoms with Crippen LogP contribution in [-0.2, 0) is 14.3 Å². The van der Waals surface area contributed by atoms with Gasteiger partial charge in [-0.15, -0.1) is 0 Å². The molecule has 86 valence electrons. The predicted molar refractivity (Wildman–Crippen MR) is 61.3 cm³/mol. The third-order valence-electron chi connectivity index (χ3n) is 1.71. The maximum absolute atomic E-state index is 11.3. The number of carbonyl (C=O) groups excluding carboxylic acids is 2. The highest BCUT2D eigenvalue weighted by atomic mass is 35.5. The van der Waals surface area contributed by atoms with Gasteiger partial charge in [0.2, 0.25) is 0 Å². The SMILES string of the molecule is CCCOC(=O)C(=O)Nc1cccc(Cl)c1. The highest BCUT2D eigenvalue weighted by molar-refractivity contribution is 6.37. The van der Waals surface area contributed by atoms with Crippen LogP contribution >= 0.6 is 11.6 Å². The fourth-order valence-corrected chi connectivity index (χ4v) is 1.20. The van der Waals surface area contributed by atoms with E-state index in [1.165, 1.54) is 0 Å². The normalized spacial score (nSPS) is 9.62. The van der Waals surface area contributed by atoms with E-state index >= 15 is 0 Å². The fraction of sp³-hybridized carbons (Fsp3) is 0.273. The lowest BCUT2D eigenvalue weighted by molar-refractivity contribution is -0.152. The largest absolute Gasteiger partial charge is 0.459 e. The highest BCUT2D eigenvalue weighted by Gasteiger charge is 2.14. The Labute approximate surface area is 98.5 Å². The summed E-state index contributed by atoms with van der Waals surface area (Å²) in [5, 5.41) is 2.88. The minimum absolute atomic E-state index is 0.238. The Bertz CT molecular complexity index is 393. The minimum Gasteiger partial charge on any atom is -0.459 e. The van der Waals surface area contributed by atoms with Crippen LogP contribution in [0.25, 0.3) is 0 Å². The first-order valence-electron chi connectivity index (χ1n) is 4.87. The van der Waals surface area contributed by atoms with Crippen LogP contribution in [0.5, 0.6) is 0 Å². The first-order chi connectivity index (χ1) is 7.63. The smallest absolute Gasteiger partial charge is 0.397 e. The number of carbonyl (C=O) groups is 2. The summed E-state index contributed by atoms with van der Waals surface area (Å²) in [6.07, 6.45) is 0.677. The van der Waals surface area contributed by atoms with Gasteiger partial charge in [0.15, 0.2) is 0 Å². The summed E-state index contributed by atoms with van der Waals surface area (Å²) in [7, 11) is 0. The van der Waals surface area contributed by atoms with Crippen LogP contribution in [0.3, 0.4) is 0 Å². The van der Waals surface area contributed by atoms with E-state index in [4.69, 9.17) is 11.6 Å². The Kier molecular flexibility index (Phi) is 4.79. The molecule has 4 nitrogen and oxygen atoms in total. The Morgan fingerprint density at radius 2 is 2.19 bits per heavy atom. The van der Waals surface area contributed by atoms with Gasteiger partial charge in [-0.2, -0.15) is 0 Å². The van der Waals surface area contributed by atoms with Crippen molar-refractivity contribution in [1.29, 1.82) is 0 Å². The van der Waals surface area contributed by atoms with Crippen molar-refractivity contribution in [2.24, 2.45) is 0 Å². The van der Waals surface area contributed by atoms with Gasteiger partial charge in [-0.1, -0.05) is 24.6 Å². The van der Waals surface area contributed by atoms with Gasteiger partial charge in [0.25, 0.3) is 0 Å². The molecular weight excluding hydrogens is 230 g/mol. The average molecular weight is 242 g/mol. The van der Waals surface area contributed by atoms with Crippen LogP contribution in [0.2, 0.25) is 5.02 Å². The summed E-state index contributed by atoms with van der Waals surface area (Å²) in [6.45, 7) is 2.09. The quantitative estimate of drug-likeness (QED) is 0.652. The van der Waals surface area contributed by atoms with Crippen molar-refractivity contribution in [3.63, 3.8) is 0 Å². The van der Waals surface area contributed by atoms with E-state index < -0.39 is 11.9 Å². The maximum Gasteiger partial charge on any atom is 0.397 e. The number of nitrogens with one attached hydrogen (secondary N) is 1. The molecule has 16 heavy (non-hydrogen) atoms. The predicted octanol–water partition coefficient (Wildman–Crippen LogP) is 2.23. The van der Waals surface area contributed by atoms with Crippen LogP contribution in [0.1, 0.15) is 13.3 Å². The number of benzene rings is 1. The number of anilines is 1. The van der Waals surface area contributed by atoms with Crippen LogP contribution in [0.4, 0.5) is 5.69 Å². The topological polar surface area (TPSA) is 55.4 Å². The third kappa shape index (κ3) is 3.90. The van der Waals surface area contributed by atoms with Crippen molar-refractivity contribution in [2.75, 3.05) is 11.9 Å². The molecule has 0 bridgehead atoms. The first-order valence-corrected chi connectivity index (χ1v) is 5.25. The Hall–Kier alpha value is -1.55.